The SMILES string of the molecule is CCC(C)CC.CCC1CCCC1.CCCC(C)CC. The Hall–Kier alpha value is 0. The molecule has 0 heteroatoms. The highest BCUT2D eigenvalue weighted by Crippen LogP contribution is 2.26. The van der Waals surface area contributed by atoms with Crippen LogP contribution in [0.1, 0.15) is 113 Å². The highest BCUT2D eigenvalue weighted by Gasteiger charge is 2.11. The predicted octanol–water partition coefficient (Wildman–Crippen LogP) is 7.86. The van der Waals surface area contributed by atoms with Crippen LogP contribution in [0.2, 0.25) is 0 Å². The van der Waals surface area contributed by atoms with Gasteiger partial charge in [0.1, 0.15) is 0 Å². The highest BCUT2D eigenvalue weighted by atomic mass is 14.2. The lowest BCUT2D eigenvalue weighted by atomic mass is 10.0. The van der Waals surface area contributed by atoms with Gasteiger partial charge in [-0.3, -0.25) is 0 Å². The van der Waals surface area contributed by atoms with Crippen molar-refractivity contribution >= 4 is 0 Å². The maximum absolute atomic E-state index is 2.31. The minimum Gasteiger partial charge on any atom is -0.0654 e. The van der Waals surface area contributed by atoms with Gasteiger partial charge in [0.15, 0.2) is 0 Å². The van der Waals surface area contributed by atoms with E-state index in [1.165, 1.54) is 64.2 Å². The Bertz CT molecular complexity index is 151. The van der Waals surface area contributed by atoms with Crippen LogP contribution in [0.4, 0.5) is 0 Å². The molecule has 0 bridgehead atoms. The second-order valence-electron chi connectivity index (χ2n) is 6.78. The van der Waals surface area contributed by atoms with Crippen LogP contribution in [0.15, 0.2) is 0 Å². The standard InChI is InChI=1S/C7H14.C7H16.C6H14/c1-2-7-5-3-4-6-7;1-4-6-7(3)5-2;1-4-6(3)5-2/h7H,2-6H2,1H3;7H,4-6H2,1-3H3;6H,4-5H2,1-3H3. The molecule has 1 aliphatic rings. The smallest absolute Gasteiger partial charge is 0.0417 e. The molecule has 0 amide bonds. The summed E-state index contributed by atoms with van der Waals surface area (Å²) in [7, 11) is 0. The molecule has 1 unspecified atom stereocenters. The van der Waals surface area contributed by atoms with Crippen LogP contribution < -0.4 is 0 Å². The lowest BCUT2D eigenvalue weighted by Crippen LogP contribution is -1.88. The molecule has 1 atom stereocenters. The van der Waals surface area contributed by atoms with Crippen LogP contribution in [0.5, 0.6) is 0 Å². The van der Waals surface area contributed by atoms with Crippen molar-refractivity contribution in [3.05, 3.63) is 0 Å². The summed E-state index contributed by atoms with van der Waals surface area (Å²) in [6, 6.07) is 0. The predicted molar refractivity (Wildman–Crippen MR) is 96.4 cm³/mol. The maximum atomic E-state index is 2.31. The summed E-state index contributed by atoms with van der Waals surface area (Å²) in [5.41, 5.74) is 0. The van der Waals surface area contributed by atoms with E-state index in [1.807, 2.05) is 0 Å². The zero-order valence-corrected chi connectivity index (χ0v) is 15.8. The lowest BCUT2D eigenvalue weighted by molar-refractivity contribution is 0.509. The van der Waals surface area contributed by atoms with Crippen molar-refractivity contribution in [3.8, 4) is 0 Å². The van der Waals surface area contributed by atoms with Crippen molar-refractivity contribution < 1.29 is 0 Å². The van der Waals surface area contributed by atoms with E-state index in [0.29, 0.717) is 0 Å². The molecule has 0 heterocycles. The van der Waals surface area contributed by atoms with Gasteiger partial charge in [0.2, 0.25) is 0 Å². The van der Waals surface area contributed by atoms with Gasteiger partial charge in [-0.2, -0.15) is 0 Å². The summed E-state index contributed by atoms with van der Waals surface area (Å²) in [6.07, 6.45) is 14.2. The Morgan fingerprint density at radius 2 is 1.20 bits per heavy atom. The van der Waals surface area contributed by atoms with Crippen LogP contribution in [-0.2, 0) is 0 Å². The molecular formula is C20H44. The maximum Gasteiger partial charge on any atom is -0.0417 e. The first-order chi connectivity index (χ1) is 9.55. The quantitative estimate of drug-likeness (QED) is 0.465. The third-order valence-corrected chi connectivity index (χ3v) is 4.92. The van der Waals surface area contributed by atoms with Gasteiger partial charge < -0.3 is 0 Å². The Balaban J connectivity index is 0. The van der Waals surface area contributed by atoms with Gasteiger partial charge in [-0.25, -0.2) is 0 Å². The summed E-state index contributed by atoms with van der Waals surface area (Å²) >= 11 is 0. The summed E-state index contributed by atoms with van der Waals surface area (Å²) < 4.78 is 0. The highest BCUT2D eigenvalue weighted by molar-refractivity contribution is 4.64. The van der Waals surface area contributed by atoms with Gasteiger partial charge >= 0.3 is 0 Å². The first-order valence-electron chi connectivity index (χ1n) is 9.55. The second kappa shape index (κ2) is 17.1. The molecule has 1 aliphatic carbocycles. The molecule has 0 aromatic carbocycles. The molecular weight excluding hydrogens is 240 g/mol. The topological polar surface area (TPSA) is 0 Å². The van der Waals surface area contributed by atoms with Gasteiger partial charge in [0, 0.05) is 0 Å². The second-order valence-corrected chi connectivity index (χ2v) is 6.78. The van der Waals surface area contributed by atoms with Crippen molar-refractivity contribution in [2.24, 2.45) is 17.8 Å². The number of rotatable bonds is 6. The summed E-state index contributed by atoms with van der Waals surface area (Å²) in [5, 5.41) is 0. The molecule has 0 aliphatic heterocycles. The molecule has 124 valence electrons. The van der Waals surface area contributed by atoms with Gasteiger partial charge in [0.25, 0.3) is 0 Å². The summed E-state index contributed by atoms with van der Waals surface area (Å²) in [6.45, 7) is 15.8. The van der Waals surface area contributed by atoms with Crippen molar-refractivity contribution in [2.75, 3.05) is 0 Å². The molecule has 0 spiro atoms. The van der Waals surface area contributed by atoms with Gasteiger partial charge in [-0.05, 0) is 17.8 Å². The minimum absolute atomic E-state index is 0.935. The number of hydrogen-bond acceptors (Lipinski definition) is 0. The average Bonchev–Trinajstić information content (AvgIpc) is 3.01. The Kier molecular flexibility index (Phi) is 19.0. The van der Waals surface area contributed by atoms with Gasteiger partial charge in [-0.1, -0.05) is 113 Å². The Labute approximate surface area is 131 Å². The van der Waals surface area contributed by atoms with Gasteiger partial charge in [0.05, 0.1) is 0 Å². The van der Waals surface area contributed by atoms with Crippen molar-refractivity contribution in [1.82, 2.24) is 0 Å². The number of hydrogen-bond donors (Lipinski definition) is 0. The van der Waals surface area contributed by atoms with E-state index < -0.39 is 0 Å². The Morgan fingerprint density at radius 1 is 0.750 bits per heavy atom. The molecule has 0 nitrogen and oxygen atoms in total. The van der Waals surface area contributed by atoms with Crippen molar-refractivity contribution in [2.45, 2.75) is 113 Å². The van der Waals surface area contributed by atoms with Crippen molar-refractivity contribution in [1.29, 1.82) is 0 Å². The molecule has 0 radical (unpaired) electrons. The zero-order valence-electron chi connectivity index (χ0n) is 15.8. The van der Waals surface area contributed by atoms with Crippen molar-refractivity contribution in [3.63, 3.8) is 0 Å². The van der Waals surface area contributed by atoms with Crippen LogP contribution in [0.25, 0.3) is 0 Å². The van der Waals surface area contributed by atoms with Crippen LogP contribution in [-0.4, -0.2) is 0 Å². The minimum atomic E-state index is 0.935. The van der Waals surface area contributed by atoms with E-state index in [1.54, 1.807) is 0 Å². The van der Waals surface area contributed by atoms with E-state index in [-0.39, 0.29) is 0 Å². The monoisotopic (exact) mass is 284 g/mol. The van der Waals surface area contributed by atoms with Crippen LogP contribution in [0.3, 0.4) is 0 Å². The van der Waals surface area contributed by atoms with E-state index in [9.17, 15) is 0 Å². The van der Waals surface area contributed by atoms with E-state index in [2.05, 4.69) is 48.5 Å². The summed E-state index contributed by atoms with van der Waals surface area (Å²) in [4.78, 5) is 0. The largest absolute Gasteiger partial charge is 0.0654 e. The summed E-state index contributed by atoms with van der Waals surface area (Å²) in [5.74, 6) is 2.98. The fourth-order valence-corrected chi connectivity index (χ4v) is 2.40. The first kappa shape index (κ1) is 22.3. The fourth-order valence-electron chi connectivity index (χ4n) is 2.40. The van der Waals surface area contributed by atoms with E-state index in [0.717, 1.165) is 17.8 Å². The van der Waals surface area contributed by atoms with Crippen LogP contribution >= 0.6 is 0 Å². The van der Waals surface area contributed by atoms with Gasteiger partial charge in [-0.15, -0.1) is 0 Å². The fraction of sp³-hybridized carbons (Fsp3) is 1.00. The van der Waals surface area contributed by atoms with Crippen LogP contribution in [0, 0.1) is 17.8 Å². The Morgan fingerprint density at radius 3 is 1.35 bits per heavy atom. The molecule has 0 N–H and O–H groups in total. The zero-order chi connectivity index (χ0) is 15.8. The molecule has 20 heavy (non-hydrogen) atoms. The lowest BCUT2D eigenvalue weighted by Gasteiger charge is -2.02. The molecule has 0 aromatic rings. The first-order valence-corrected chi connectivity index (χ1v) is 9.55. The molecule has 1 saturated carbocycles. The van der Waals surface area contributed by atoms with E-state index >= 15 is 0 Å². The third-order valence-electron chi connectivity index (χ3n) is 4.92. The average molecular weight is 285 g/mol. The third kappa shape index (κ3) is 16.1. The molecule has 1 fully saturated rings. The molecule has 1 rings (SSSR count). The molecule has 0 saturated heterocycles. The van der Waals surface area contributed by atoms with E-state index in [4.69, 9.17) is 0 Å². The normalized spacial score (nSPS) is 16.2. The molecule has 0 aromatic heterocycles.